The highest BCUT2D eigenvalue weighted by atomic mass is 16.5. The molecule has 16 heavy (non-hydrogen) atoms. The third-order valence-corrected chi connectivity index (χ3v) is 3.16. The lowest BCUT2D eigenvalue weighted by Gasteiger charge is -2.21. The predicted octanol–water partition coefficient (Wildman–Crippen LogP) is 2.51. The summed E-state index contributed by atoms with van der Waals surface area (Å²) in [6.07, 6.45) is 1.96. The number of aliphatic hydroxyl groups is 1. The van der Waals surface area contributed by atoms with Gasteiger partial charge in [-0.05, 0) is 30.2 Å². The molecule has 1 aromatic rings. The molecule has 0 fully saturated rings. The Labute approximate surface area is 98.3 Å². The maximum atomic E-state index is 9.42. The monoisotopic (exact) mass is 222 g/mol. The van der Waals surface area contributed by atoms with Crippen LogP contribution in [0.1, 0.15) is 18.9 Å². The van der Waals surface area contributed by atoms with Gasteiger partial charge in [0.05, 0.1) is 0 Å². The van der Waals surface area contributed by atoms with E-state index in [2.05, 4.69) is 19.1 Å². The topological polar surface area (TPSA) is 29.5 Å². The van der Waals surface area contributed by atoms with Gasteiger partial charge in [0.1, 0.15) is 0 Å². The molecule has 0 saturated heterocycles. The van der Waals surface area contributed by atoms with Gasteiger partial charge in [0.15, 0.2) is 0 Å². The van der Waals surface area contributed by atoms with Crippen molar-refractivity contribution in [1.82, 2.24) is 0 Å². The van der Waals surface area contributed by atoms with Crippen molar-refractivity contribution in [2.75, 3.05) is 20.3 Å². The van der Waals surface area contributed by atoms with E-state index in [0.717, 1.165) is 19.4 Å². The number of benzene rings is 1. The number of ether oxygens (including phenoxy) is 1. The highest BCUT2D eigenvalue weighted by Crippen LogP contribution is 2.20. The molecule has 90 valence electrons. The second kappa shape index (κ2) is 7.42. The first-order chi connectivity index (χ1) is 7.77. The first-order valence-corrected chi connectivity index (χ1v) is 5.91. The average Bonchev–Trinajstić information content (AvgIpc) is 2.34. The van der Waals surface area contributed by atoms with Gasteiger partial charge in [0, 0.05) is 20.3 Å². The smallest absolute Gasteiger partial charge is 0.0465 e. The maximum Gasteiger partial charge on any atom is 0.0465 e. The molecule has 2 nitrogen and oxygen atoms in total. The van der Waals surface area contributed by atoms with Crippen LogP contribution in [-0.2, 0) is 11.2 Å². The normalized spacial score (nSPS) is 14.7. The van der Waals surface area contributed by atoms with Crippen LogP contribution in [0.4, 0.5) is 0 Å². The molecule has 2 unspecified atom stereocenters. The predicted molar refractivity (Wildman–Crippen MR) is 66.4 cm³/mol. The van der Waals surface area contributed by atoms with Gasteiger partial charge in [-0.15, -0.1) is 0 Å². The Hall–Kier alpha value is -0.860. The van der Waals surface area contributed by atoms with E-state index >= 15 is 0 Å². The van der Waals surface area contributed by atoms with Crippen molar-refractivity contribution in [3.05, 3.63) is 35.9 Å². The van der Waals surface area contributed by atoms with Crippen LogP contribution in [0.3, 0.4) is 0 Å². The van der Waals surface area contributed by atoms with Crippen LogP contribution in [0.15, 0.2) is 30.3 Å². The van der Waals surface area contributed by atoms with Gasteiger partial charge < -0.3 is 9.84 Å². The van der Waals surface area contributed by atoms with E-state index in [4.69, 9.17) is 4.74 Å². The highest BCUT2D eigenvalue weighted by molar-refractivity contribution is 5.15. The summed E-state index contributed by atoms with van der Waals surface area (Å²) in [5, 5.41) is 9.42. The molecule has 0 radical (unpaired) electrons. The summed E-state index contributed by atoms with van der Waals surface area (Å²) in [6, 6.07) is 10.3. The molecule has 0 amide bonds. The molecule has 0 bridgehead atoms. The van der Waals surface area contributed by atoms with Gasteiger partial charge >= 0.3 is 0 Å². The summed E-state index contributed by atoms with van der Waals surface area (Å²) in [5.41, 5.74) is 1.30. The van der Waals surface area contributed by atoms with E-state index in [1.165, 1.54) is 5.56 Å². The third kappa shape index (κ3) is 4.33. The minimum Gasteiger partial charge on any atom is -0.396 e. The molecule has 0 aliphatic heterocycles. The molecule has 0 aliphatic carbocycles. The second-order valence-electron chi connectivity index (χ2n) is 4.39. The van der Waals surface area contributed by atoms with Crippen LogP contribution in [0.2, 0.25) is 0 Å². The number of hydrogen-bond donors (Lipinski definition) is 1. The fourth-order valence-electron chi connectivity index (χ4n) is 1.90. The Kier molecular flexibility index (Phi) is 6.12. The van der Waals surface area contributed by atoms with Crippen LogP contribution in [0.5, 0.6) is 0 Å². The van der Waals surface area contributed by atoms with E-state index in [0.29, 0.717) is 11.8 Å². The molecule has 0 saturated carbocycles. The fourth-order valence-corrected chi connectivity index (χ4v) is 1.90. The first-order valence-electron chi connectivity index (χ1n) is 5.91. The molecule has 0 spiro atoms. The Morgan fingerprint density at radius 2 is 1.94 bits per heavy atom. The molecule has 1 rings (SSSR count). The average molecular weight is 222 g/mol. The largest absolute Gasteiger partial charge is 0.396 e. The molecule has 2 atom stereocenters. The van der Waals surface area contributed by atoms with Gasteiger partial charge in [-0.3, -0.25) is 0 Å². The minimum atomic E-state index is 0.250. The van der Waals surface area contributed by atoms with E-state index < -0.39 is 0 Å². The molecule has 1 N–H and O–H groups in total. The standard InChI is InChI=1S/C14H22O2/c1-12(8-9-16-2)14(11-15)10-13-6-4-3-5-7-13/h3-7,12,14-15H,8-11H2,1-2H3. The van der Waals surface area contributed by atoms with Crippen LogP contribution >= 0.6 is 0 Å². The van der Waals surface area contributed by atoms with Crippen molar-refractivity contribution in [1.29, 1.82) is 0 Å². The first kappa shape index (κ1) is 13.2. The third-order valence-electron chi connectivity index (χ3n) is 3.16. The fraction of sp³-hybridized carbons (Fsp3) is 0.571. The van der Waals surface area contributed by atoms with Gasteiger partial charge in [0.2, 0.25) is 0 Å². The number of hydrogen-bond acceptors (Lipinski definition) is 2. The SMILES string of the molecule is COCCC(C)C(CO)Cc1ccccc1. The number of methoxy groups -OCH3 is 1. The van der Waals surface area contributed by atoms with E-state index in [1.54, 1.807) is 7.11 Å². The minimum absolute atomic E-state index is 0.250. The van der Waals surface area contributed by atoms with Crippen LogP contribution in [-0.4, -0.2) is 25.4 Å². The molecular weight excluding hydrogens is 200 g/mol. The maximum absolute atomic E-state index is 9.42. The Morgan fingerprint density at radius 1 is 1.25 bits per heavy atom. The molecule has 0 heterocycles. The van der Waals surface area contributed by atoms with Gasteiger partial charge in [0.25, 0.3) is 0 Å². The van der Waals surface area contributed by atoms with Gasteiger partial charge in [-0.1, -0.05) is 37.3 Å². The van der Waals surface area contributed by atoms with E-state index in [1.807, 2.05) is 18.2 Å². The Bertz CT molecular complexity index is 271. The zero-order chi connectivity index (χ0) is 11.8. The number of rotatable bonds is 7. The van der Waals surface area contributed by atoms with Crippen molar-refractivity contribution in [3.63, 3.8) is 0 Å². The second-order valence-corrected chi connectivity index (χ2v) is 4.39. The van der Waals surface area contributed by atoms with Gasteiger partial charge in [-0.25, -0.2) is 0 Å². The van der Waals surface area contributed by atoms with Crippen molar-refractivity contribution in [2.45, 2.75) is 19.8 Å². The summed E-state index contributed by atoms with van der Waals surface area (Å²) < 4.78 is 5.08. The Morgan fingerprint density at radius 3 is 2.50 bits per heavy atom. The summed E-state index contributed by atoms with van der Waals surface area (Å²) >= 11 is 0. The quantitative estimate of drug-likeness (QED) is 0.768. The summed E-state index contributed by atoms with van der Waals surface area (Å²) in [6.45, 7) is 3.20. The highest BCUT2D eigenvalue weighted by Gasteiger charge is 2.16. The van der Waals surface area contributed by atoms with Crippen molar-refractivity contribution >= 4 is 0 Å². The molecule has 1 aromatic carbocycles. The van der Waals surface area contributed by atoms with Crippen molar-refractivity contribution in [3.8, 4) is 0 Å². The lowest BCUT2D eigenvalue weighted by molar-refractivity contribution is 0.134. The number of aliphatic hydroxyl groups excluding tert-OH is 1. The Balaban J connectivity index is 2.48. The summed E-state index contributed by atoms with van der Waals surface area (Å²) in [4.78, 5) is 0. The van der Waals surface area contributed by atoms with Gasteiger partial charge in [-0.2, -0.15) is 0 Å². The van der Waals surface area contributed by atoms with Crippen molar-refractivity contribution < 1.29 is 9.84 Å². The molecular formula is C14H22O2. The van der Waals surface area contributed by atoms with E-state index in [-0.39, 0.29) is 6.61 Å². The van der Waals surface area contributed by atoms with E-state index in [9.17, 15) is 5.11 Å². The molecule has 0 aromatic heterocycles. The molecule has 2 heteroatoms. The van der Waals surface area contributed by atoms with Crippen LogP contribution in [0, 0.1) is 11.8 Å². The van der Waals surface area contributed by atoms with Crippen molar-refractivity contribution in [2.24, 2.45) is 11.8 Å². The summed E-state index contributed by atoms with van der Waals surface area (Å²) in [5.74, 6) is 0.822. The summed E-state index contributed by atoms with van der Waals surface area (Å²) in [7, 11) is 1.72. The lowest BCUT2D eigenvalue weighted by atomic mass is 9.87. The zero-order valence-corrected chi connectivity index (χ0v) is 10.2. The molecule has 0 aliphatic rings. The lowest BCUT2D eigenvalue weighted by Crippen LogP contribution is -2.20. The van der Waals surface area contributed by atoms with Crippen LogP contribution in [0.25, 0.3) is 0 Å². The zero-order valence-electron chi connectivity index (χ0n) is 10.2. The van der Waals surface area contributed by atoms with Crippen LogP contribution < -0.4 is 0 Å².